The maximum Gasteiger partial charge on any atom is 0.161 e. The molecular formula is C7H14N4O. The van der Waals surface area contributed by atoms with Gasteiger partial charge in [0.1, 0.15) is 12.4 Å². The third-order valence-electron chi connectivity index (χ3n) is 1.72. The zero-order chi connectivity index (χ0) is 8.97. The molecule has 0 aromatic carbocycles. The van der Waals surface area contributed by atoms with Crippen molar-refractivity contribution in [3.63, 3.8) is 0 Å². The van der Waals surface area contributed by atoms with Gasteiger partial charge in [0.25, 0.3) is 0 Å². The normalized spacial score (nSPS) is 13.2. The topological polar surface area (TPSA) is 77.0 Å². The van der Waals surface area contributed by atoms with Crippen LogP contribution >= 0.6 is 0 Å². The van der Waals surface area contributed by atoms with Crippen molar-refractivity contribution >= 4 is 0 Å². The number of aliphatic hydroxyl groups excluding tert-OH is 1. The van der Waals surface area contributed by atoms with Crippen LogP contribution in [0.15, 0.2) is 6.33 Å². The van der Waals surface area contributed by atoms with Gasteiger partial charge in [-0.2, -0.15) is 0 Å². The summed E-state index contributed by atoms with van der Waals surface area (Å²) in [6, 6.07) is 0. The van der Waals surface area contributed by atoms with Crippen LogP contribution < -0.4 is 5.73 Å². The molecule has 0 unspecified atom stereocenters. The highest BCUT2D eigenvalue weighted by Crippen LogP contribution is 2.11. The Morgan fingerprint density at radius 1 is 1.75 bits per heavy atom. The fourth-order valence-electron chi connectivity index (χ4n) is 1.05. The molecule has 1 atom stereocenters. The van der Waals surface area contributed by atoms with Crippen LogP contribution in [0.3, 0.4) is 0 Å². The van der Waals surface area contributed by atoms with Crippen LogP contribution in [-0.4, -0.2) is 26.4 Å². The van der Waals surface area contributed by atoms with Crippen LogP contribution in [0.2, 0.25) is 0 Å². The first kappa shape index (κ1) is 9.15. The zero-order valence-corrected chi connectivity index (χ0v) is 7.14. The maximum absolute atomic E-state index is 9.52. The number of nitrogens with zero attached hydrogens (tertiary/aromatic N) is 3. The van der Waals surface area contributed by atoms with E-state index >= 15 is 0 Å². The molecule has 5 nitrogen and oxygen atoms in total. The Bertz CT molecular complexity index is 235. The summed E-state index contributed by atoms with van der Waals surface area (Å²) >= 11 is 0. The molecule has 0 bridgehead atoms. The van der Waals surface area contributed by atoms with Gasteiger partial charge >= 0.3 is 0 Å². The van der Waals surface area contributed by atoms with Crippen LogP contribution in [0.1, 0.15) is 25.3 Å². The molecular weight excluding hydrogens is 156 g/mol. The quantitative estimate of drug-likeness (QED) is 0.649. The summed E-state index contributed by atoms with van der Waals surface area (Å²) in [7, 11) is 0. The van der Waals surface area contributed by atoms with E-state index in [0.29, 0.717) is 18.8 Å². The molecule has 1 aromatic heterocycles. The van der Waals surface area contributed by atoms with Gasteiger partial charge in [0.05, 0.1) is 0 Å². The van der Waals surface area contributed by atoms with Crippen molar-refractivity contribution in [2.24, 2.45) is 5.73 Å². The largest absolute Gasteiger partial charge is 0.385 e. The molecule has 0 aliphatic heterocycles. The molecule has 0 spiro atoms. The lowest BCUT2D eigenvalue weighted by molar-refractivity contribution is 0.155. The molecule has 1 heterocycles. The average Bonchev–Trinajstić information content (AvgIpc) is 2.51. The highest BCUT2D eigenvalue weighted by atomic mass is 16.3. The highest BCUT2D eigenvalue weighted by molar-refractivity contribution is 4.90. The van der Waals surface area contributed by atoms with E-state index in [1.165, 1.54) is 0 Å². The molecule has 0 saturated heterocycles. The minimum Gasteiger partial charge on any atom is -0.385 e. The monoisotopic (exact) mass is 170 g/mol. The molecule has 1 rings (SSSR count). The number of hydrogen-bond acceptors (Lipinski definition) is 4. The van der Waals surface area contributed by atoms with E-state index in [1.54, 1.807) is 10.9 Å². The lowest BCUT2D eigenvalue weighted by Gasteiger charge is -2.08. The number of rotatable bonds is 4. The minimum absolute atomic E-state index is 0.456. The Labute approximate surface area is 71.2 Å². The molecule has 5 heteroatoms. The minimum atomic E-state index is -0.586. The number of aryl methyl sites for hydroxylation is 1. The molecule has 1 aromatic rings. The summed E-state index contributed by atoms with van der Waals surface area (Å²) < 4.78 is 1.81. The average molecular weight is 170 g/mol. The summed E-state index contributed by atoms with van der Waals surface area (Å²) in [5.74, 6) is 0.600. The summed E-state index contributed by atoms with van der Waals surface area (Å²) in [5.41, 5.74) is 5.31. The first-order valence-electron chi connectivity index (χ1n) is 4.05. The van der Waals surface area contributed by atoms with Crippen molar-refractivity contribution in [2.75, 3.05) is 6.54 Å². The molecule has 0 fully saturated rings. The van der Waals surface area contributed by atoms with Crippen LogP contribution in [0.5, 0.6) is 0 Å². The van der Waals surface area contributed by atoms with Crippen LogP contribution in [0.4, 0.5) is 0 Å². The fraction of sp³-hybridized carbons (Fsp3) is 0.714. The van der Waals surface area contributed by atoms with E-state index < -0.39 is 6.10 Å². The third kappa shape index (κ3) is 1.80. The molecule has 0 aliphatic rings. The second kappa shape index (κ2) is 4.18. The van der Waals surface area contributed by atoms with Gasteiger partial charge in [0.2, 0.25) is 0 Å². The van der Waals surface area contributed by atoms with Crippen molar-refractivity contribution in [3.8, 4) is 0 Å². The molecule has 12 heavy (non-hydrogen) atoms. The summed E-state index contributed by atoms with van der Waals surface area (Å²) in [4.78, 5) is 0. The maximum atomic E-state index is 9.52. The van der Waals surface area contributed by atoms with Gasteiger partial charge in [-0.1, -0.05) is 0 Å². The van der Waals surface area contributed by atoms with Gasteiger partial charge in [0, 0.05) is 6.54 Å². The van der Waals surface area contributed by atoms with Gasteiger partial charge in [-0.05, 0) is 19.9 Å². The fourth-order valence-corrected chi connectivity index (χ4v) is 1.05. The van der Waals surface area contributed by atoms with Gasteiger partial charge in [-0.15, -0.1) is 10.2 Å². The van der Waals surface area contributed by atoms with Crippen molar-refractivity contribution in [1.29, 1.82) is 0 Å². The predicted molar refractivity (Wildman–Crippen MR) is 44.3 cm³/mol. The van der Waals surface area contributed by atoms with Crippen molar-refractivity contribution in [2.45, 2.75) is 26.0 Å². The first-order valence-corrected chi connectivity index (χ1v) is 4.05. The SMILES string of the molecule is CCn1cnnc1[C@@H](O)CCN. The van der Waals surface area contributed by atoms with Gasteiger partial charge in [-0.3, -0.25) is 0 Å². The van der Waals surface area contributed by atoms with E-state index in [0.717, 1.165) is 6.54 Å². The third-order valence-corrected chi connectivity index (χ3v) is 1.72. The number of nitrogens with two attached hydrogens (primary N) is 1. The van der Waals surface area contributed by atoms with E-state index in [1.807, 2.05) is 6.92 Å². The highest BCUT2D eigenvalue weighted by Gasteiger charge is 2.12. The zero-order valence-electron chi connectivity index (χ0n) is 7.14. The Morgan fingerprint density at radius 2 is 2.50 bits per heavy atom. The van der Waals surface area contributed by atoms with Gasteiger partial charge in [0.15, 0.2) is 5.82 Å². The molecule has 0 radical (unpaired) electrons. The summed E-state index contributed by atoms with van der Waals surface area (Å²) in [5, 5.41) is 17.0. The predicted octanol–water partition coefficient (Wildman–Crippen LogP) is -0.320. The van der Waals surface area contributed by atoms with E-state index in [-0.39, 0.29) is 0 Å². The molecule has 0 aliphatic carbocycles. The Hall–Kier alpha value is -0.940. The van der Waals surface area contributed by atoms with E-state index in [2.05, 4.69) is 10.2 Å². The standard InChI is InChI=1S/C7H14N4O/c1-2-11-5-9-10-7(11)6(12)3-4-8/h5-6,12H,2-4,8H2,1H3/t6-/m0/s1. The Morgan fingerprint density at radius 3 is 3.08 bits per heavy atom. The Balaban J connectivity index is 2.71. The summed E-state index contributed by atoms with van der Waals surface area (Å²) in [6.45, 7) is 3.20. The Kier molecular flexibility index (Phi) is 3.19. The lowest BCUT2D eigenvalue weighted by atomic mass is 10.2. The number of hydrogen-bond donors (Lipinski definition) is 2. The molecule has 68 valence electrons. The van der Waals surface area contributed by atoms with E-state index in [4.69, 9.17) is 5.73 Å². The van der Waals surface area contributed by atoms with Crippen LogP contribution in [0.25, 0.3) is 0 Å². The smallest absolute Gasteiger partial charge is 0.161 e. The summed E-state index contributed by atoms with van der Waals surface area (Å²) in [6.07, 6.45) is 1.55. The molecule has 0 amide bonds. The number of aliphatic hydroxyl groups is 1. The lowest BCUT2D eigenvalue weighted by Crippen LogP contribution is -2.12. The first-order chi connectivity index (χ1) is 5.79. The molecule has 0 saturated carbocycles. The van der Waals surface area contributed by atoms with Crippen molar-refractivity contribution in [1.82, 2.24) is 14.8 Å². The molecule has 3 N–H and O–H groups in total. The van der Waals surface area contributed by atoms with Gasteiger partial charge in [-0.25, -0.2) is 0 Å². The van der Waals surface area contributed by atoms with Crippen LogP contribution in [0, 0.1) is 0 Å². The second-order valence-corrected chi connectivity index (χ2v) is 2.57. The van der Waals surface area contributed by atoms with Crippen molar-refractivity contribution < 1.29 is 5.11 Å². The van der Waals surface area contributed by atoms with E-state index in [9.17, 15) is 5.11 Å². The van der Waals surface area contributed by atoms with Gasteiger partial charge < -0.3 is 15.4 Å². The van der Waals surface area contributed by atoms with Crippen molar-refractivity contribution in [3.05, 3.63) is 12.2 Å². The number of aromatic nitrogens is 3. The second-order valence-electron chi connectivity index (χ2n) is 2.57. The van der Waals surface area contributed by atoms with Crippen LogP contribution in [-0.2, 0) is 6.54 Å².